The summed E-state index contributed by atoms with van der Waals surface area (Å²) in [6, 6.07) is 6.43. The van der Waals surface area contributed by atoms with Crippen LogP contribution in [-0.4, -0.2) is 18.6 Å². The van der Waals surface area contributed by atoms with Crippen LogP contribution >= 0.6 is 11.3 Å². The molecule has 0 radical (unpaired) electrons. The summed E-state index contributed by atoms with van der Waals surface area (Å²) in [7, 11) is 1.99. The Morgan fingerprint density at radius 3 is 3.06 bits per heavy atom. The molecule has 86 valence electrons. The average molecular weight is 235 g/mol. The molecule has 3 nitrogen and oxygen atoms in total. The number of aryl methyl sites for hydroxylation is 1. The molecule has 0 fully saturated rings. The second kappa shape index (κ2) is 5.27. The minimum absolute atomic E-state index is 0.655. The van der Waals surface area contributed by atoms with Crippen LogP contribution in [0.25, 0.3) is 10.2 Å². The van der Waals surface area contributed by atoms with E-state index in [1.807, 2.05) is 7.05 Å². The number of hydrogen-bond acceptors (Lipinski definition) is 4. The molecule has 0 bridgehead atoms. The van der Waals surface area contributed by atoms with E-state index in [2.05, 4.69) is 28.5 Å². The Morgan fingerprint density at radius 2 is 2.25 bits per heavy atom. The van der Waals surface area contributed by atoms with Crippen molar-refractivity contribution in [3.63, 3.8) is 0 Å². The van der Waals surface area contributed by atoms with Crippen LogP contribution in [0.15, 0.2) is 18.2 Å². The molecule has 2 rings (SSSR count). The zero-order chi connectivity index (χ0) is 11.4. The minimum Gasteiger partial charge on any atom is -0.375 e. The van der Waals surface area contributed by atoms with Gasteiger partial charge in [-0.3, -0.25) is 0 Å². The van der Waals surface area contributed by atoms with Crippen molar-refractivity contribution in [1.29, 1.82) is 0 Å². The predicted molar refractivity (Wildman–Crippen MR) is 70.9 cm³/mol. The van der Waals surface area contributed by atoms with E-state index in [1.165, 1.54) is 23.1 Å². The molecular weight excluding hydrogens is 218 g/mol. The van der Waals surface area contributed by atoms with Crippen LogP contribution in [-0.2, 0) is 6.42 Å². The maximum absolute atomic E-state index is 5.68. The fraction of sp³-hybridized carbons (Fsp3) is 0.417. The van der Waals surface area contributed by atoms with E-state index in [9.17, 15) is 0 Å². The van der Waals surface area contributed by atoms with Crippen LogP contribution in [0, 0.1) is 0 Å². The largest absolute Gasteiger partial charge is 0.375 e. The summed E-state index contributed by atoms with van der Waals surface area (Å²) in [6.45, 7) is 1.09. The molecule has 0 atom stereocenters. The standard InChI is InChI=1S/C12H17N3S/c1-14-7-3-2-4-9-5-6-10-11(8-9)16-12(13)15-10/h5-6,8,14H,2-4,7H2,1H3,(H2,13,15). The van der Waals surface area contributed by atoms with Crippen molar-refractivity contribution in [2.45, 2.75) is 19.3 Å². The maximum Gasteiger partial charge on any atom is 0.181 e. The first-order valence-electron chi connectivity index (χ1n) is 5.59. The van der Waals surface area contributed by atoms with Gasteiger partial charge in [0.05, 0.1) is 10.2 Å². The summed E-state index contributed by atoms with van der Waals surface area (Å²) in [6.07, 6.45) is 3.58. The van der Waals surface area contributed by atoms with Crippen LogP contribution in [0.1, 0.15) is 18.4 Å². The molecule has 0 saturated heterocycles. The summed E-state index contributed by atoms with van der Waals surface area (Å²) in [5.74, 6) is 0. The first kappa shape index (κ1) is 11.4. The van der Waals surface area contributed by atoms with Crippen LogP contribution in [0.3, 0.4) is 0 Å². The molecule has 3 N–H and O–H groups in total. The second-order valence-corrected chi connectivity index (χ2v) is 4.98. The molecular formula is C12H17N3S. The van der Waals surface area contributed by atoms with Crippen LogP contribution < -0.4 is 11.1 Å². The third kappa shape index (κ3) is 2.71. The molecule has 0 aliphatic carbocycles. The van der Waals surface area contributed by atoms with E-state index in [-0.39, 0.29) is 0 Å². The smallest absolute Gasteiger partial charge is 0.181 e. The Bertz CT molecular complexity index is 464. The molecule has 0 saturated carbocycles. The topological polar surface area (TPSA) is 50.9 Å². The molecule has 0 amide bonds. The summed E-state index contributed by atoms with van der Waals surface area (Å²) >= 11 is 1.56. The van der Waals surface area contributed by atoms with Gasteiger partial charge in [0.1, 0.15) is 0 Å². The van der Waals surface area contributed by atoms with E-state index in [0.29, 0.717) is 5.13 Å². The molecule has 0 aliphatic rings. The molecule has 0 spiro atoms. The number of nitrogens with zero attached hydrogens (tertiary/aromatic N) is 1. The lowest BCUT2D eigenvalue weighted by atomic mass is 10.1. The second-order valence-electron chi connectivity index (χ2n) is 3.91. The zero-order valence-corrected chi connectivity index (χ0v) is 10.3. The van der Waals surface area contributed by atoms with Crippen LogP contribution in [0.4, 0.5) is 5.13 Å². The Morgan fingerprint density at radius 1 is 1.38 bits per heavy atom. The highest BCUT2D eigenvalue weighted by Gasteiger charge is 2.01. The number of nitrogen functional groups attached to an aromatic ring is 1. The Balaban J connectivity index is 2.02. The molecule has 0 unspecified atom stereocenters. The number of anilines is 1. The molecule has 16 heavy (non-hydrogen) atoms. The van der Waals surface area contributed by atoms with Gasteiger partial charge in [0.2, 0.25) is 0 Å². The van der Waals surface area contributed by atoms with Crippen molar-refractivity contribution in [2.75, 3.05) is 19.3 Å². The van der Waals surface area contributed by atoms with Crippen molar-refractivity contribution in [1.82, 2.24) is 10.3 Å². The number of nitrogens with two attached hydrogens (primary N) is 1. The van der Waals surface area contributed by atoms with E-state index in [0.717, 1.165) is 18.5 Å². The lowest BCUT2D eigenvalue weighted by molar-refractivity contribution is 0.677. The Hall–Kier alpha value is -1.13. The third-order valence-electron chi connectivity index (χ3n) is 2.61. The quantitative estimate of drug-likeness (QED) is 0.783. The van der Waals surface area contributed by atoms with Crippen molar-refractivity contribution in [3.8, 4) is 0 Å². The number of rotatable bonds is 5. The highest BCUT2D eigenvalue weighted by atomic mass is 32.1. The van der Waals surface area contributed by atoms with E-state index >= 15 is 0 Å². The van der Waals surface area contributed by atoms with Crippen molar-refractivity contribution in [2.24, 2.45) is 0 Å². The van der Waals surface area contributed by atoms with E-state index in [4.69, 9.17) is 5.73 Å². The molecule has 0 aliphatic heterocycles. The SMILES string of the molecule is CNCCCCc1ccc2nc(N)sc2c1. The Labute approximate surface area is 99.7 Å². The number of nitrogens with one attached hydrogen (secondary N) is 1. The van der Waals surface area contributed by atoms with Gasteiger partial charge in [-0.25, -0.2) is 4.98 Å². The highest BCUT2D eigenvalue weighted by Crippen LogP contribution is 2.25. The summed E-state index contributed by atoms with van der Waals surface area (Å²) < 4.78 is 1.20. The fourth-order valence-electron chi connectivity index (χ4n) is 1.77. The lowest BCUT2D eigenvalue weighted by Gasteiger charge is -2.01. The number of thiazole rings is 1. The first-order chi connectivity index (χ1) is 7.79. The predicted octanol–water partition coefficient (Wildman–Crippen LogP) is 2.42. The molecule has 2 aromatic rings. The normalized spacial score (nSPS) is 11.1. The fourth-order valence-corrected chi connectivity index (χ4v) is 2.57. The Kier molecular flexibility index (Phi) is 3.74. The van der Waals surface area contributed by atoms with E-state index in [1.54, 1.807) is 11.3 Å². The van der Waals surface area contributed by atoms with Gasteiger partial charge >= 0.3 is 0 Å². The van der Waals surface area contributed by atoms with Gasteiger partial charge in [-0.15, -0.1) is 0 Å². The number of hydrogen-bond donors (Lipinski definition) is 2. The third-order valence-corrected chi connectivity index (χ3v) is 3.46. The van der Waals surface area contributed by atoms with Crippen LogP contribution in [0.2, 0.25) is 0 Å². The van der Waals surface area contributed by atoms with Gasteiger partial charge in [-0.1, -0.05) is 17.4 Å². The van der Waals surface area contributed by atoms with Gasteiger partial charge in [-0.2, -0.15) is 0 Å². The monoisotopic (exact) mass is 235 g/mol. The van der Waals surface area contributed by atoms with Gasteiger partial charge in [0.15, 0.2) is 5.13 Å². The number of aromatic nitrogens is 1. The lowest BCUT2D eigenvalue weighted by Crippen LogP contribution is -2.07. The summed E-state index contributed by atoms with van der Waals surface area (Å²) in [4.78, 5) is 4.25. The first-order valence-corrected chi connectivity index (χ1v) is 6.41. The van der Waals surface area contributed by atoms with Gasteiger partial charge in [-0.05, 0) is 50.6 Å². The van der Waals surface area contributed by atoms with Crippen molar-refractivity contribution < 1.29 is 0 Å². The van der Waals surface area contributed by atoms with Gasteiger partial charge in [0.25, 0.3) is 0 Å². The molecule has 1 aromatic heterocycles. The average Bonchev–Trinajstić information content (AvgIpc) is 2.64. The van der Waals surface area contributed by atoms with Crippen LogP contribution in [0.5, 0.6) is 0 Å². The van der Waals surface area contributed by atoms with Gasteiger partial charge in [0, 0.05) is 0 Å². The zero-order valence-electron chi connectivity index (χ0n) is 9.49. The van der Waals surface area contributed by atoms with Crippen molar-refractivity contribution in [3.05, 3.63) is 23.8 Å². The van der Waals surface area contributed by atoms with E-state index < -0.39 is 0 Å². The summed E-state index contributed by atoms with van der Waals surface area (Å²) in [5.41, 5.74) is 8.08. The van der Waals surface area contributed by atoms with Crippen molar-refractivity contribution >= 4 is 26.7 Å². The summed E-state index contributed by atoms with van der Waals surface area (Å²) in [5, 5.41) is 3.82. The molecule has 4 heteroatoms. The molecule has 1 aromatic carbocycles. The number of benzene rings is 1. The maximum atomic E-state index is 5.68. The minimum atomic E-state index is 0.655. The number of fused-ring (bicyclic) bond motifs is 1. The van der Waals surface area contributed by atoms with Gasteiger partial charge < -0.3 is 11.1 Å². The highest BCUT2D eigenvalue weighted by molar-refractivity contribution is 7.22. The molecule has 1 heterocycles. The number of unbranched alkanes of at least 4 members (excludes halogenated alkanes) is 1.